The molecular weight excluding hydrogens is 232 g/mol. The highest BCUT2D eigenvalue weighted by atomic mass is 32.2. The number of nitrogens with one attached hydrogen (secondary N) is 1. The van der Waals surface area contributed by atoms with E-state index in [0.717, 1.165) is 24.5 Å². The largest absolute Gasteiger partial charge is 0.352 e. The zero-order valence-electron chi connectivity index (χ0n) is 11.2. The molecule has 0 spiro atoms. The van der Waals surface area contributed by atoms with E-state index in [4.69, 9.17) is 5.73 Å². The van der Waals surface area contributed by atoms with Crippen LogP contribution >= 0.6 is 11.8 Å². The van der Waals surface area contributed by atoms with Gasteiger partial charge < -0.3 is 11.1 Å². The molecule has 0 aliphatic heterocycles. The molecule has 4 heteroatoms. The predicted octanol–water partition coefficient (Wildman–Crippen LogP) is 2.01. The van der Waals surface area contributed by atoms with Crippen LogP contribution in [-0.4, -0.2) is 30.0 Å². The summed E-state index contributed by atoms with van der Waals surface area (Å²) in [6.45, 7) is 4.48. The maximum Gasteiger partial charge on any atom is 0.237 e. The minimum absolute atomic E-state index is 0.0349. The van der Waals surface area contributed by atoms with Crippen LogP contribution in [0.5, 0.6) is 0 Å². The monoisotopic (exact) mass is 258 g/mol. The Hall–Kier alpha value is -0.220. The Morgan fingerprint density at radius 2 is 2.24 bits per heavy atom. The van der Waals surface area contributed by atoms with Crippen LogP contribution in [0.2, 0.25) is 0 Å². The lowest BCUT2D eigenvalue weighted by atomic mass is 9.93. The fourth-order valence-corrected chi connectivity index (χ4v) is 3.18. The molecule has 0 aromatic heterocycles. The smallest absolute Gasteiger partial charge is 0.237 e. The van der Waals surface area contributed by atoms with E-state index < -0.39 is 0 Å². The Morgan fingerprint density at radius 1 is 1.53 bits per heavy atom. The number of amides is 1. The second-order valence-corrected chi connectivity index (χ2v) is 6.09. The van der Waals surface area contributed by atoms with Gasteiger partial charge in [0.05, 0.1) is 6.04 Å². The van der Waals surface area contributed by atoms with E-state index in [-0.39, 0.29) is 11.9 Å². The molecule has 3 nitrogen and oxygen atoms in total. The lowest BCUT2D eigenvalue weighted by Crippen LogP contribution is -2.46. The van der Waals surface area contributed by atoms with Crippen LogP contribution in [0.4, 0.5) is 0 Å². The standard InChI is InChI=1S/C13H26N2OS/c1-4-10-5-6-12(9(10)2)15-13(16)11(14)7-8-17-3/h9-12H,4-8,14H2,1-3H3,(H,15,16)/t9?,10?,11-,12?/m0/s1. The average molecular weight is 258 g/mol. The average Bonchev–Trinajstić information content (AvgIpc) is 2.67. The Bertz CT molecular complexity index is 248. The van der Waals surface area contributed by atoms with Crippen molar-refractivity contribution in [3.8, 4) is 0 Å². The minimum atomic E-state index is -0.338. The molecule has 100 valence electrons. The minimum Gasteiger partial charge on any atom is -0.352 e. The van der Waals surface area contributed by atoms with Crippen LogP contribution in [0.25, 0.3) is 0 Å². The van der Waals surface area contributed by atoms with Gasteiger partial charge in [-0.05, 0) is 43.1 Å². The molecular formula is C13H26N2OS. The Kier molecular flexibility index (Phi) is 6.34. The quantitative estimate of drug-likeness (QED) is 0.766. The summed E-state index contributed by atoms with van der Waals surface area (Å²) in [6, 6.07) is 0.00288. The third-order valence-corrected chi connectivity index (χ3v) is 4.69. The molecule has 1 saturated carbocycles. The molecule has 0 saturated heterocycles. The van der Waals surface area contributed by atoms with Crippen LogP contribution < -0.4 is 11.1 Å². The summed E-state index contributed by atoms with van der Waals surface area (Å²) in [5.74, 6) is 2.35. The second-order valence-electron chi connectivity index (χ2n) is 5.11. The summed E-state index contributed by atoms with van der Waals surface area (Å²) in [4.78, 5) is 11.9. The van der Waals surface area contributed by atoms with Gasteiger partial charge in [0.1, 0.15) is 0 Å². The molecule has 0 aromatic rings. The van der Waals surface area contributed by atoms with Gasteiger partial charge in [0.25, 0.3) is 0 Å². The normalized spacial score (nSPS) is 30.2. The van der Waals surface area contributed by atoms with Crippen LogP contribution in [0, 0.1) is 11.8 Å². The summed E-state index contributed by atoms with van der Waals surface area (Å²) in [7, 11) is 0. The van der Waals surface area contributed by atoms with Gasteiger partial charge in [0, 0.05) is 6.04 Å². The molecule has 1 aliphatic carbocycles. The molecule has 4 atom stereocenters. The lowest BCUT2D eigenvalue weighted by Gasteiger charge is -2.22. The number of hydrogen-bond donors (Lipinski definition) is 2. The number of rotatable bonds is 6. The maximum atomic E-state index is 11.9. The molecule has 1 amide bonds. The van der Waals surface area contributed by atoms with Gasteiger partial charge >= 0.3 is 0 Å². The van der Waals surface area contributed by atoms with Crippen LogP contribution in [0.15, 0.2) is 0 Å². The topological polar surface area (TPSA) is 55.1 Å². The van der Waals surface area contributed by atoms with Crippen molar-refractivity contribution in [3.63, 3.8) is 0 Å². The Balaban J connectivity index is 2.36. The van der Waals surface area contributed by atoms with E-state index in [1.807, 2.05) is 6.26 Å². The highest BCUT2D eigenvalue weighted by Gasteiger charge is 2.33. The Morgan fingerprint density at radius 3 is 2.76 bits per heavy atom. The fraction of sp³-hybridized carbons (Fsp3) is 0.923. The van der Waals surface area contributed by atoms with Crippen LogP contribution in [-0.2, 0) is 4.79 Å². The summed E-state index contributed by atoms with van der Waals surface area (Å²) in [5.41, 5.74) is 5.87. The van der Waals surface area contributed by atoms with Gasteiger partial charge in [-0.2, -0.15) is 11.8 Å². The van der Waals surface area contributed by atoms with Crippen molar-refractivity contribution in [2.45, 2.75) is 51.6 Å². The van der Waals surface area contributed by atoms with Crippen molar-refractivity contribution in [1.82, 2.24) is 5.32 Å². The molecule has 17 heavy (non-hydrogen) atoms. The molecule has 3 N–H and O–H groups in total. The van der Waals surface area contributed by atoms with Gasteiger partial charge in [-0.25, -0.2) is 0 Å². The highest BCUT2D eigenvalue weighted by molar-refractivity contribution is 7.98. The van der Waals surface area contributed by atoms with Gasteiger partial charge in [0.2, 0.25) is 5.91 Å². The number of nitrogens with two attached hydrogens (primary N) is 1. The molecule has 0 radical (unpaired) electrons. The molecule has 0 heterocycles. The molecule has 0 bridgehead atoms. The van der Waals surface area contributed by atoms with Crippen molar-refractivity contribution >= 4 is 17.7 Å². The molecule has 1 aliphatic rings. The summed E-state index contributed by atoms with van der Waals surface area (Å²) >= 11 is 1.73. The van der Waals surface area contributed by atoms with Crippen molar-refractivity contribution in [2.75, 3.05) is 12.0 Å². The van der Waals surface area contributed by atoms with E-state index in [0.29, 0.717) is 12.0 Å². The maximum absolute atomic E-state index is 11.9. The summed E-state index contributed by atoms with van der Waals surface area (Å²) in [6.07, 6.45) is 6.37. The number of carbonyl (C=O) groups is 1. The first kappa shape index (κ1) is 14.8. The van der Waals surface area contributed by atoms with Crippen LogP contribution in [0.3, 0.4) is 0 Å². The number of carbonyl (C=O) groups excluding carboxylic acids is 1. The summed E-state index contributed by atoms with van der Waals surface area (Å²) < 4.78 is 0. The van der Waals surface area contributed by atoms with Gasteiger partial charge in [-0.1, -0.05) is 20.3 Å². The zero-order chi connectivity index (χ0) is 12.8. The van der Waals surface area contributed by atoms with Gasteiger partial charge in [0.15, 0.2) is 0 Å². The third kappa shape index (κ3) is 4.18. The lowest BCUT2D eigenvalue weighted by molar-refractivity contribution is -0.123. The van der Waals surface area contributed by atoms with Crippen molar-refractivity contribution in [2.24, 2.45) is 17.6 Å². The van der Waals surface area contributed by atoms with E-state index in [1.54, 1.807) is 11.8 Å². The first-order valence-corrected chi connectivity index (χ1v) is 8.04. The van der Waals surface area contributed by atoms with E-state index in [9.17, 15) is 4.79 Å². The second kappa shape index (κ2) is 7.27. The fourth-order valence-electron chi connectivity index (χ4n) is 2.69. The van der Waals surface area contributed by atoms with Crippen molar-refractivity contribution < 1.29 is 4.79 Å². The molecule has 1 fully saturated rings. The molecule has 0 aromatic carbocycles. The van der Waals surface area contributed by atoms with E-state index >= 15 is 0 Å². The number of thioether (sulfide) groups is 1. The van der Waals surface area contributed by atoms with E-state index in [2.05, 4.69) is 19.2 Å². The highest BCUT2D eigenvalue weighted by Crippen LogP contribution is 2.33. The zero-order valence-corrected chi connectivity index (χ0v) is 12.1. The molecule has 1 rings (SSSR count). The predicted molar refractivity (Wildman–Crippen MR) is 75.1 cm³/mol. The Labute approximate surface area is 109 Å². The van der Waals surface area contributed by atoms with Gasteiger partial charge in [-0.15, -0.1) is 0 Å². The summed E-state index contributed by atoms with van der Waals surface area (Å²) in [5, 5.41) is 3.13. The van der Waals surface area contributed by atoms with Gasteiger partial charge in [-0.3, -0.25) is 4.79 Å². The SMILES string of the molecule is CCC1CCC(NC(=O)[C@@H](N)CCSC)C1C. The van der Waals surface area contributed by atoms with Crippen LogP contribution in [0.1, 0.15) is 39.5 Å². The first-order chi connectivity index (χ1) is 8.10. The number of hydrogen-bond acceptors (Lipinski definition) is 3. The van der Waals surface area contributed by atoms with E-state index in [1.165, 1.54) is 12.8 Å². The first-order valence-electron chi connectivity index (χ1n) is 6.65. The van der Waals surface area contributed by atoms with Crippen molar-refractivity contribution in [1.29, 1.82) is 0 Å². The molecule has 3 unspecified atom stereocenters. The third-order valence-electron chi connectivity index (χ3n) is 4.05. The van der Waals surface area contributed by atoms with Crippen molar-refractivity contribution in [3.05, 3.63) is 0 Å².